The zero-order chi connectivity index (χ0) is 10.9. The van der Waals surface area contributed by atoms with Gasteiger partial charge in [0.1, 0.15) is 0 Å². The normalized spacial score (nSPS) is 14.2. The fourth-order valence-electron chi connectivity index (χ4n) is 1.56. The van der Waals surface area contributed by atoms with E-state index in [-0.39, 0.29) is 5.16 Å². The average molecular weight is 207 g/mol. The van der Waals surface area contributed by atoms with Gasteiger partial charge in [-0.3, -0.25) is 4.57 Å². The van der Waals surface area contributed by atoms with Crippen molar-refractivity contribution in [1.29, 1.82) is 0 Å². The fourth-order valence-corrected chi connectivity index (χ4v) is 4.68. The van der Waals surface area contributed by atoms with Crippen molar-refractivity contribution in [2.75, 3.05) is 34.7 Å². The Bertz CT molecular complexity index is 201. The van der Waals surface area contributed by atoms with E-state index in [0.717, 1.165) is 0 Å². The SMILES string of the molecule is CN(C)P(=O)(N(C)C)C(C)(C)CN. The molecule has 5 heteroatoms. The highest BCUT2D eigenvalue weighted by atomic mass is 31.2. The van der Waals surface area contributed by atoms with Gasteiger partial charge in [-0.2, -0.15) is 0 Å². The lowest BCUT2D eigenvalue weighted by Gasteiger charge is -2.41. The predicted octanol–water partition coefficient (Wildman–Crippen LogP) is 1.04. The number of nitrogens with zero attached hydrogens (tertiary/aromatic N) is 2. The highest BCUT2D eigenvalue weighted by molar-refractivity contribution is 7.60. The molecule has 0 atom stereocenters. The molecule has 0 aliphatic heterocycles. The quantitative estimate of drug-likeness (QED) is 0.700. The van der Waals surface area contributed by atoms with Gasteiger partial charge in [0, 0.05) is 6.54 Å². The first-order chi connectivity index (χ1) is 5.70. The Hall–Kier alpha value is 0.110. The molecule has 2 N–H and O–H groups in total. The van der Waals surface area contributed by atoms with E-state index in [1.807, 2.05) is 42.0 Å². The van der Waals surface area contributed by atoms with Crippen LogP contribution in [0.5, 0.6) is 0 Å². The molecule has 0 unspecified atom stereocenters. The molecule has 0 aliphatic carbocycles. The topological polar surface area (TPSA) is 49.6 Å². The van der Waals surface area contributed by atoms with Gasteiger partial charge in [0.15, 0.2) is 0 Å². The second-order valence-corrected chi connectivity index (χ2v) is 8.15. The Morgan fingerprint density at radius 3 is 1.54 bits per heavy atom. The molecule has 0 aromatic heterocycles. The minimum atomic E-state index is -2.52. The van der Waals surface area contributed by atoms with Crippen molar-refractivity contribution in [3.63, 3.8) is 0 Å². The van der Waals surface area contributed by atoms with Crippen LogP contribution in [0.2, 0.25) is 0 Å². The van der Waals surface area contributed by atoms with E-state index in [1.165, 1.54) is 0 Å². The summed E-state index contributed by atoms with van der Waals surface area (Å²) < 4.78 is 16.2. The van der Waals surface area contributed by atoms with E-state index in [9.17, 15) is 4.57 Å². The molecule has 0 aromatic carbocycles. The van der Waals surface area contributed by atoms with Gasteiger partial charge in [0.2, 0.25) is 7.44 Å². The summed E-state index contributed by atoms with van der Waals surface area (Å²) in [6.45, 7) is 4.29. The summed E-state index contributed by atoms with van der Waals surface area (Å²) in [5.74, 6) is 0. The highest BCUT2D eigenvalue weighted by Crippen LogP contribution is 2.60. The smallest absolute Gasteiger partial charge is 0.222 e. The molecule has 0 heterocycles. The number of hydrogen-bond donors (Lipinski definition) is 1. The monoisotopic (exact) mass is 207 g/mol. The van der Waals surface area contributed by atoms with E-state index in [1.54, 1.807) is 9.34 Å². The van der Waals surface area contributed by atoms with Crippen molar-refractivity contribution in [2.24, 2.45) is 5.73 Å². The zero-order valence-electron chi connectivity index (χ0n) is 9.53. The second kappa shape index (κ2) is 4.09. The molecule has 13 heavy (non-hydrogen) atoms. The largest absolute Gasteiger partial charge is 0.329 e. The molecular weight excluding hydrogens is 185 g/mol. The van der Waals surface area contributed by atoms with Crippen LogP contribution in [0.3, 0.4) is 0 Å². The predicted molar refractivity (Wildman–Crippen MR) is 58.1 cm³/mol. The lowest BCUT2D eigenvalue weighted by atomic mass is 10.2. The standard InChI is InChI=1S/C8H22N3OP/c1-8(2,7-9)13(12,10(3)4)11(5)6/h7,9H2,1-6H3. The summed E-state index contributed by atoms with van der Waals surface area (Å²) in [7, 11) is 4.80. The van der Waals surface area contributed by atoms with Crippen LogP contribution in [0, 0.1) is 0 Å². The number of nitrogens with two attached hydrogens (primary N) is 1. The minimum Gasteiger partial charge on any atom is -0.329 e. The Balaban J connectivity index is 5.15. The van der Waals surface area contributed by atoms with Crippen LogP contribution < -0.4 is 5.73 Å². The van der Waals surface area contributed by atoms with Crippen LogP contribution in [0.1, 0.15) is 13.8 Å². The highest BCUT2D eigenvalue weighted by Gasteiger charge is 2.43. The maximum absolute atomic E-state index is 12.6. The maximum Gasteiger partial charge on any atom is 0.222 e. The second-order valence-electron chi connectivity index (χ2n) is 4.26. The summed E-state index contributed by atoms with van der Waals surface area (Å²) in [6.07, 6.45) is 0. The third-order valence-corrected chi connectivity index (χ3v) is 6.30. The summed E-state index contributed by atoms with van der Waals surface area (Å²) in [4.78, 5) is 0. The molecule has 80 valence electrons. The summed E-state index contributed by atoms with van der Waals surface area (Å²) in [5, 5.41) is -0.375. The molecule has 0 spiro atoms. The van der Waals surface area contributed by atoms with Crippen molar-refractivity contribution >= 4 is 7.44 Å². The lowest BCUT2D eigenvalue weighted by Crippen LogP contribution is -2.40. The molecule has 0 radical (unpaired) electrons. The van der Waals surface area contributed by atoms with Crippen LogP contribution in [0.25, 0.3) is 0 Å². The Morgan fingerprint density at radius 1 is 1.15 bits per heavy atom. The fraction of sp³-hybridized carbons (Fsp3) is 1.00. The van der Waals surface area contributed by atoms with Crippen molar-refractivity contribution in [3.8, 4) is 0 Å². The maximum atomic E-state index is 12.6. The molecule has 0 fully saturated rings. The lowest BCUT2D eigenvalue weighted by molar-refractivity contribution is 0.410. The van der Waals surface area contributed by atoms with E-state index in [0.29, 0.717) is 6.54 Å². The third kappa shape index (κ3) is 2.13. The summed E-state index contributed by atoms with van der Waals surface area (Å²) >= 11 is 0. The van der Waals surface area contributed by atoms with Gasteiger partial charge in [0.05, 0.1) is 5.16 Å². The van der Waals surface area contributed by atoms with Gasteiger partial charge >= 0.3 is 0 Å². The van der Waals surface area contributed by atoms with Crippen molar-refractivity contribution < 1.29 is 4.57 Å². The first kappa shape index (κ1) is 13.1. The molecule has 0 bridgehead atoms. The minimum absolute atomic E-state index is 0.375. The number of rotatable bonds is 4. The number of hydrogen-bond acceptors (Lipinski definition) is 2. The first-order valence-corrected chi connectivity index (χ1v) is 5.97. The summed E-state index contributed by atoms with van der Waals surface area (Å²) in [6, 6.07) is 0. The molecule has 0 aromatic rings. The van der Waals surface area contributed by atoms with Gasteiger partial charge in [-0.15, -0.1) is 0 Å². The zero-order valence-corrected chi connectivity index (χ0v) is 10.4. The van der Waals surface area contributed by atoms with Crippen LogP contribution in [-0.2, 0) is 4.57 Å². The Kier molecular flexibility index (Phi) is 4.13. The molecule has 4 nitrogen and oxygen atoms in total. The van der Waals surface area contributed by atoms with Gasteiger partial charge in [0.25, 0.3) is 0 Å². The molecule has 0 saturated carbocycles. The van der Waals surface area contributed by atoms with Gasteiger partial charge in [-0.1, -0.05) is 0 Å². The summed E-state index contributed by atoms with van der Waals surface area (Å²) in [5.41, 5.74) is 5.64. The van der Waals surface area contributed by atoms with Crippen molar-refractivity contribution in [1.82, 2.24) is 9.34 Å². The van der Waals surface area contributed by atoms with Crippen molar-refractivity contribution in [2.45, 2.75) is 19.0 Å². The first-order valence-electron chi connectivity index (χ1n) is 4.36. The van der Waals surface area contributed by atoms with Crippen LogP contribution >= 0.6 is 7.44 Å². The van der Waals surface area contributed by atoms with Gasteiger partial charge < -0.3 is 5.73 Å². The molecule has 0 saturated heterocycles. The van der Waals surface area contributed by atoms with Crippen LogP contribution in [0.15, 0.2) is 0 Å². The third-order valence-electron chi connectivity index (χ3n) is 2.37. The van der Waals surface area contributed by atoms with Crippen molar-refractivity contribution in [3.05, 3.63) is 0 Å². The Morgan fingerprint density at radius 2 is 1.46 bits per heavy atom. The molecule has 0 rings (SSSR count). The molecule has 0 aliphatic rings. The molecular formula is C8H22N3OP. The van der Waals surface area contributed by atoms with E-state index < -0.39 is 7.44 Å². The average Bonchev–Trinajstić information content (AvgIpc) is 2.01. The Labute approximate surface area is 81.6 Å². The van der Waals surface area contributed by atoms with Crippen LogP contribution in [-0.4, -0.2) is 49.2 Å². The van der Waals surface area contributed by atoms with E-state index in [2.05, 4.69) is 0 Å². The van der Waals surface area contributed by atoms with E-state index in [4.69, 9.17) is 5.73 Å². The van der Waals surface area contributed by atoms with Gasteiger partial charge in [-0.25, -0.2) is 9.34 Å². The van der Waals surface area contributed by atoms with Gasteiger partial charge in [-0.05, 0) is 42.0 Å². The van der Waals surface area contributed by atoms with Crippen LogP contribution in [0.4, 0.5) is 0 Å². The molecule has 0 amide bonds. The van der Waals surface area contributed by atoms with E-state index >= 15 is 0 Å².